The van der Waals surface area contributed by atoms with Crippen LogP contribution >= 0.6 is 15.9 Å². The van der Waals surface area contributed by atoms with Crippen molar-refractivity contribution in [2.24, 2.45) is 0 Å². The van der Waals surface area contributed by atoms with E-state index in [0.29, 0.717) is 22.6 Å². The van der Waals surface area contributed by atoms with E-state index in [1.807, 2.05) is 30.3 Å². The third kappa shape index (κ3) is 2.45. The number of benzene rings is 2. The summed E-state index contributed by atoms with van der Waals surface area (Å²) in [6, 6.07) is 18.2. The van der Waals surface area contributed by atoms with Gasteiger partial charge in [0, 0.05) is 21.2 Å². The standard InChI is InChI=1S/C20H11BrO3/c21-13-5-3-4-12(10-13)18-9-8-14(24-18)11-17-19(22)15-6-1-2-7-16(15)20(17)23/h1-11H. The lowest BCUT2D eigenvalue weighted by Crippen LogP contribution is -1.99. The molecular formula is C20H11BrO3. The van der Waals surface area contributed by atoms with Crippen LogP contribution in [0.15, 0.2) is 75.1 Å². The summed E-state index contributed by atoms with van der Waals surface area (Å²) in [4.78, 5) is 24.8. The van der Waals surface area contributed by atoms with Gasteiger partial charge >= 0.3 is 0 Å². The van der Waals surface area contributed by atoms with Crippen LogP contribution in [0.1, 0.15) is 26.5 Å². The fourth-order valence-corrected chi connectivity index (χ4v) is 3.17. The smallest absolute Gasteiger partial charge is 0.197 e. The van der Waals surface area contributed by atoms with Gasteiger partial charge in [0.05, 0.1) is 5.57 Å². The number of carbonyl (C=O) groups excluding carboxylic acids is 2. The minimum Gasteiger partial charge on any atom is -0.457 e. The monoisotopic (exact) mass is 378 g/mol. The maximum atomic E-state index is 12.4. The lowest BCUT2D eigenvalue weighted by molar-refractivity contribution is 0.0990. The summed E-state index contributed by atoms with van der Waals surface area (Å²) in [7, 11) is 0. The van der Waals surface area contributed by atoms with Gasteiger partial charge in [0.15, 0.2) is 11.6 Å². The maximum Gasteiger partial charge on any atom is 0.197 e. The number of ketones is 2. The molecule has 0 saturated heterocycles. The largest absolute Gasteiger partial charge is 0.457 e. The predicted molar refractivity (Wildman–Crippen MR) is 94.9 cm³/mol. The summed E-state index contributed by atoms with van der Waals surface area (Å²) in [5.74, 6) is 0.653. The lowest BCUT2D eigenvalue weighted by Gasteiger charge is -1.97. The first-order chi connectivity index (χ1) is 11.6. The Labute approximate surface area is 146 Å². The molecular weight excluding hydrogens is 368 g/mol. The molecule has 116 valence electrons. The first-order valence-electron chi connectivity index (χ1n) is 7.39. The zero-order valence-electron chi connectivity index (χ0n) is 12.5. The van der Waals surface area contributed by atoms with Crippen molar-refractivity contribution >= 4 is 33.6 Å². The van der Waals surface area contributed by atoms with Gasteiger partial charge in [0.25, 0.3) is 0 Å². The van der Waals surface area contributed by atoms with Gasteiger partial charge in [-0.1, -0.05) is 52.3 Å². The van der Waals surface area contributed by atoms with E-state index in [9.17, 15) is 9.59 Å². The van der Waals surface area contributed by atoms with E-state index in [4.69, 9.17) is 4.42 Å². The molecule has 3 aromatic rings. The van der Waals surface area contributed by atoms with Crippen molar-refractivity contribution in [1.82, 2.24) is 0 Å². The van der Waals surface area contributed by atoms with Crippen molar-refractivity contribution in [3.8, 4) is 11.3 Å². The Morgan fingerprint density at radius 2 is 1.54 bits per heavy atom. The number of carbonyl (C=O) groups is 2. The Morgan fingerprint density at radius 3 is 2.21 bits per heavy atom. The molecule has 0 radical (unpaired) electrons. The van der Waals surface area contributed by atoms with E-state index >= 15 is 0 Å². The molecule has 3 nitrogen and oxygen atoms in total. The Morgan fingerprint density at radius 1 is 0.833 bits per heavy atom. The van der Waals surface area contributed by atoms with Crippen LogP contribution in [0.2, 0.25) is 0 Å². The van der Waals surface area contributed by atoms with Crippen LogP contribution < -0.4 is 0 Å². The van der Waals surface area contributed by atoms with E-state index < -0.39 is 0 Å². The molecule has 0 atom stereocenters. The number of hydrogen-bond acceptors (Lipinski definition) is 3. The number of fused-ring (bicyclic) bond motifs is 1. The van der Waals surface area contributed by atoms with Crippen molar-refractivity contribution in [1.29, 1.82) is 0 Å². The van der Waals surface area contributed by atoms with Crippen LogP contribution in [0.25, 0.3) is 17.4 Å². The fourth-order valence-electron chi connectivity index (χ4n) is 2.77. The second-order valence-corrected chi connectivity index (χ2v) is 6.39. The van der Waals surface area contributed by atoms with Crippen molar-refractivity contribution in [3.05, 3.63) is 87.6 Å². The van der Waals surface area contributed by atoms with Crippen molar-refractivity contribution in [2.45, 2.75) is 0 Å². The minimum absolute atomic E-state index is 0.145. The summed E-state index contributed by atoms with van der Waals surface area (Å²) in [5, 5.41) is 0. The molecule has 1 aliphatic rings. The molecule has 0 N–H and O–H groups in total. The molecule has 0 fully saturated rings. The number of Topliss-reactive ketones (excluding diaryl/α,β-unsaturated/α-hetero) is 2. The second kappa shape index (κ2) is 5.73. The molecule has 1 aliphatic carbocycles. The van der Waals surface area contributed by atoms with Gasteiger partial charge < -0.3 is 4.42 Å². The Hall–Kier alpha value is -2.72. The predicted octanol–water partition coefficient (Wildman–Crippen LogP) is 5.17. The Bertz CT molecular complexity index is 974. The maximum absolute atomic E-state index is 12.4. The van der Waals surface area contributed by atoms with Gasteiger partial charge in [-0.05, 0) is 30.3 Å². The van der Waals surface area contributed by atoms with Crippen molar-refractivity contribution in [2.75, 3.05) is 0 Å². The second-order valence-electron chi connectivity index (χ2n) is 5.47. The zero-order chi connectivity index (χ0) is 16.7. The summed E-state index contributed by atoms with van der Waals surface area (Å²) >= 11 is 3.43. The molecule has 2 aromatic carbocycles. The van der Waals surface area contributed by atoms with Crippen molar-refractivity contribution < 1.29 is 14.0 Å². The molecule has 24 heavy (non-hydrogen) atoms. The lowest BCUT2D eigenvalue weighted by atomic mass is 10.1. The molecule has 0 spiro atoms. The third-order valence-electron chi connectivity index (χ3n) is 3.93. The normalized spacial score (nSPS) is 13.3. The topological polar surface area (TPSA) is 47.3 Å². The molecule has 1 heterocycles. The van der Waals surface area contributed by atoms with E-state index in [1.54, 1.807) is 30.3 Å². The number of furan rings is 1. The number of allylic oxidation sites excluding steroid dienone is 1. The molecule has 1 aromatic heterocycles. The van der Waals surface area contributed by atoms with E-state index in [-0.39, 0.29) is 17.1 Å². The highest BCUT2D eigenvalue weighted by Crippen LogP contribution is 2.30. The fraction of sp³-hybridized carbons (Fsp3) is 0. The highest BCUT2D eigenvalue weighted by Gasteiger charge is 2.32. The third-order valence-corrected chi connectivity index (χ3v) is 4.42. The van der Waals surface area contributed by atoms with Gasteiger partial charge in [0.2, 0.25) is 0 Å². The van der Waals surface area contributed by atoms with E-state index in [2.05, 4.69) is 15.9 Å². The molecule has 0 unspecified atom stereocenters. The van der Waals surface area contributed by atoms with Crippen LogP contribution in [0, 0.1) is 0 Å². The highest BCUT2D eigenvalue weighted by molar-refractivity contribution is 9.10. The molecule has 4 rings (SSSR count). The summed E-state index contributed by atoms with van der Waals surface area (Å²) < 4.78 is 6.73. The first kappa shape index (κ1) is 14.8. The minimum atomic E-state index is -0.254. The SMILES string of the molecule is O=C1C(=Cc2ccc(-c3cccc(Br)c3)o2)C(=O)c2ccccc21. The van der Waals surface area contributed by atoms with Gasteiger partial charge in [-0.2, -0.15) is 0 Å². The summed E-state index contributed by atoms with van der Waals surface area (Å²) in [6.07, 6.45) is 1.52. The van der Waals surface area contributed by atoms with Gasteiger partial charge in [-0.15, -0.1) is 0 Å². The number of rotatable bonds is 2. The first-order valence-corrected chi connectivity index (χ1v) is 8.19. The van der Waals surface area contributed by atoms with Crippen LogP contribution in [0.5, 0.6) is 0 Å². The Kier molecular flexibility index (Phi) is 3.54. The van der Waals surface area contributed by atoms with Crippen LogP contribution in [0.3, 0.4) is 0 Å². The quantitative estimate of drug-likeness (QED) is 0.456. The van der Waals surface area contributed by atoms with E-state index in [1.165, 1.54) is 6.08 Å². The molecule has 0 amide bonds. The summed E-state index contributed by atoms with van der Waals surface area (Å²) in [5.41, 5.74) is 1.97. The summed E-state index contributed by atoms with van der Waals surface area (Å²) in [6.45, 7) is 0. The Balaban J connectivity index is 1.71. The average molecular weight is 379 g/mol. The highest BCUT2D eigenvalue weighted by atomic mass is 79.9. The van der Waals surface area contributed by atoms with Gasteiger partial charge in [-0.3, -0.25) is 9.59 Å². The number of halogens is 1. The van der Waals surface area contributed by atoms with E-state index in [0.717, 1.165) is 10.0 Å². The average Bonchev–Trinajstić information content (AvgIpc) is 3.15. The van der Waals surface area contributed by atoms with Crippen LogP contribution in [-0.2, 0) is 0 Å². The van der Waals surface area contributed by atoms with Crippen molar-refractivity contribution in [3.63, 3.8) is 0 Å². The molecule has 4 heteroatoms. The molecule has 0 saturated carbocycles. The molecule has 0 aliphatic heterocycles. The van der Waals surface area contributed by atoms with Crippen LogP contribution in [-0.4, -0.2) is 11.6 Å². The van der Waals surface area contributed by atoms with Crippen LogP contribution in [0.4, 0.5) is 0 Å². The molecule has 0 bridgehead atoms. The van der Waals surface area contributed by atoms with Gasteiger partial charge in [-0.25, -0.2) is 0 Å². The zero-order valence-corrected chi connectivity index (χ0v) is 14.0. The number of hydrogen-bond donors (Lipinski definition) is 0. The van der Waals surface area contributed by atoms with Gasteiger partial charge in [0.1, 0.15) is 11.5 Å².